The monoisotopic (exact) mass is 407 g/mol. The van der Waals surface area contributed by atoms with E-state index in [4.69, 9.17) is 27.9 Å². The second kappa shape index (κ2) is 8.55. The van der Waals surface area contributed by atoms with Crippen LogP contribution in [-0.2, 0) is 13.2 Å². The molecule has 0 heterocycles. The molecule has 0 radical (unpaired) electrons. The second-order valence-corrected chi connectivity index (χ2v) is 7.29. The summed E-state index contributed by atoms with van der Waals surface area (Å²) in [5, 5.41) is 7.17. The SMILES string of the molecule is Clc1cccc(Cl)c1COc1ccccc1CNc1cccc2ccccc12. The van der Waals surface area contributed by atoms with Crippen LogP contribution in [0.15, 0.2) is 84.9 Å². The number of fused-ring (bicyclic) bond motifs is 1. The predicted octanol–water partition coefficient (Wildman–Crippen LogP) is 7.34. The summed E-state index contributed by atoms with van der Waals surface area (Å²) in [7, 11) is 0. The van der Waals surface area contributed by atoms with Gasteiger partial charge in [0.15, 0.2) is 0 Å². The zero-order chi connectivity index (χ0) is 19.3. The van der Waals surface area contributed by atoms with Gasteiger partial charge in [0.1, 0.15) is 12.4 Å². The molecular weight excluding hydrogens is 389 g/mol. The van der Waals surface area contributed by atoms with Crippen molar-refractivity contribution in [2.24, 2.45) is 0 Å². The summed E-state index contributed by atoms with van der Waals surface area (Å²) in [5.74, 6) is 0.811. The van der Waals surface area contributed by atoms with Gasteiger partial charge in [-0.25, -0.2) is 0 Å². The molecule has 0 spiro atoms. The van der Waals surface area contributed by atoms with Crippen molar-refractivity contribution in [1.29, 1.82) is 0 Å². The molecule has 0 bridgehead atoms. The lowest BCUT2D eigenvalue weighted by molar-refractivity contribution is 0.303. The Morgan fingerprint density at radius 3 is 2.25 bits per heavy atom. The minimum atomic E-state index is 0.323. The smallest absolute Gasteiger partial charge is 0.124 e. The number of hydrogen-bond acceptors (Lipinski definition) is 2. The number of ether oxygens (including phenoxy) is 1. The standard InChI is InChI=1S/C24H19Cl2NO/c25-21-11-6-12-22(26)20(21)16-28-24-14-4-2-8-18(24)15-27-23-13-5-9-17-7-1-3-10-19(17)23/h1-14,27H,15-16H2. The first kappa shape index (κ1) is 18.7. The highest BCUT2D eigenvalue weighted by molar-refractivity contribution is 6.35. The van der Waals surface area contributed by atoms with Crippen molar-refractivity contribution in [3.05, 3.63) is 106 Å². The van der Waals surface area contributed by atoms with Crippen molar-refractivity contribution < 1.29 is 4.74 Å². The van der Waals surface area contributed by atoms with E-state index in [1.165, 1.54) is 10.8 Å². The zero-order valence-corrected chi connectivity index (χ0v) is 16.7. The fraction of sp³-hybridized carbons (Fsp3) is 0.0833. The zero-order valence-electron chi connectivity index (χ0n) is 15.2. The summed E-state index contributed by atoms with van der Waals surface area (Å²) in [4.78, 5) is 0. The predicted molar refractivity (Wildman–Crippen MR) is 119 cm³/mol. The summed E-state index contributed by atoms with van der Waals surface area (Å²) in [6.45, 7) is 0.976. The molecule has 0 saturated heterocycles. The van der Waals surface area contributed by atoms with E-state index in [1.54, 1.807) is 0 Å². The molecule has 0 saturated carbocycles. The van der Waals surface area contributed by atoms with E-state index < -0.39 is 0 Å². The van der Waals surface area contributed by atoms with Crippen molar-refractivity contribution in [2.45, 2.75) is 13.2 Å². The second-order valence-electron chi connectivity index (χ2n) is 6.48. The molecule has 1 N–H and O–H groups in total. The van der Waals surface area contributed by atoms with Crippen LogP contribution in [-0.4, -0.2) is 0 Å². The minimum Gasteiger partial charge on any atom is -0.488 e. The summed E-state index contributed by atoms with van der Waals surface area (Å²) in [6, 6.07) is 28.1. The molecular formula is C24H19Cl2NO. The van der Waals surface area contributed by atoms with Gasteiger partial charge < -0.3 is 10.1 Å². The highest BCUT2D eigenvalue weighted by atomic mass is 35.5. The van der Waals surface area contributed by atoms with Crippen molar-refractivity contribution >= 4 is 39.7 Å². The molecule has 28 heavy (non-hydrogen) atoms. The molecule has 0 aliphatic rings. The van der Waals surface area contributed by atoms with Gasteiger partial charge in [0.25, 0.3) is 0 Å². The number of para-hydroxylation sites is 1. The lowest BCUT2D eigenvalue weighted by Crippen LogP contribution is -2.04. The van der Waals surface area contributed by atoms with Gasteiger partial charge in [-0.05, 0) is 29.7 Å². The fourth-order valence-corrected chi connectivity index (χ4v) is 3.69. The maximum atomic E-state index is 6.26. The summed E-state index contributed by atoms with van der Waals surface area (Å²) >= 11 is 12.5. The van der Waals surface area contributed by atoms with Crippen LogP contribution in [0.25, 0.3) is 10.8 Å². The average molecular weight is 408 g/mol. The third-order valence-electron chi connectivity index (χ3n) is 4.67. The Bertz CT molecular complexity index is 1080. The first-order valence-corrected chi connectivity index (χ1v) is 9.83. The van der Waals surface area contributed by atoms with Crippen LogP contribution in [0.4, 0.5) is 5.69 Å². The lowest BCUT2D eigenvalue weighted by atomic mass is 10.1. The van der Waals surface area contributed by atoms with Crippen LogP contribution in [0.3, 0.4) is 0 Å². The van der Waals surface area contributed by atoms with E-state index in [0.29, 0.717) is 23.2 Å². The van der Waals surface area contributed by atoms with Gasteiger partial charge >= 0.3 is 0 Å². The average Bonchev–Trinajstić information content (AvgIpc) is 2.72. The van der Waals surface area contributed by atoms with E-state index in [-0.39, 0.29) is 0 Å². The molecule has 0 atom stereocenters. The van der Waals surface area contributed by atoms with E-state index in [1.807, 2.05) is 36.4 Å². The fourth-order valence-electron chi connectivity index (χ4n) is 3.18. The van der Waals surface area contributed by atoms with Gasteiger partial charge in [0, 0.05) is 38.8 Å². The van der Waals surface area contributed by atoms with Crippen molar-refractivity contribution in [2.75, 3.05) is 5.32 Å². The van der Waals surface area contributed by atoms with Gasteiger partial charge in [-0.2, -0.15) is 0 Å². The molecule has 4 heteroatoms. The van der Waals surface area contributed by atoms with Crippen LogP contribution in [0.1, 0.15) is 11.1 Å². The molecule has 0 aromatic heterocycles. The normalized spacial score (nSPS) is 10.8. The Labute approximate surface area is 174 Å². The largest absolute Gasteiger partial charge is 0.488 e. The highest BCUT2D eigenvalue weighted by Gasteiger charge is 2.09. The Kier molecular flexibility index (Phi) is 5.70. The van der Waals surface area contributed by atoms with Crippen LogP contribution in [0.2, 0.25) is 10.0 Å². The molecule has 0 amide bonds. The minimum absolute atomic E-state index is 0.323. The first-order valence-electron chi connectivity index (χ1n) is 9.07. The Morgan fingerprint density at radius 2 is 1.39 bits per heavy atom. The lowest BCUT2D eigenvalue weighted by Gasteiger charge is -2.15. The number of nitrogens with one attached hydrogen (secondary N) is 1. The maximum absolute atomic E-state index is 6.26. The molecule has 4 aromatic carbocycles. The van der Waals surface area contributed by atoms with Crippen molar-refractivity contribution in [3.8, 4) is 5.75 Å². The highest BCUT2D eigenvalue weighted by Crippen LogP contribution is 2.28. The van der Waals surface area contributed by atoms with E-state index >= 15 is 0 Å². The third kappa shape index (κ3) is 4.09. The van der Waals surface area contributed by atoms with Gasteiger partial charge in [-0.15, -0.1) is 0 Å². The Balaban J connectivity index is 1.52. The topological polar surface area (TPSA) is 21.3 Å². The Hall–Kier alpha value is -2.68. The van der Waals surface area contributed by atoms with Gasteiger partial charge in [-0.1, -0.05) is 83.9 Å². The number of halogens is 2. The van der Waals surface area contributed by atoms with Gasteiger partial charge in [0.05, 0.1) is 0 Å². The van der Waals surface area contributed by atoms with Crippen molar-refractivity contribution in [3.63, 3.8) is 0 Å². The molecule has 4 aromatic rings. The maximum Gasteiger partial charge on any atom is 0.124 e. The van der Waals surface area contributed by atoms with Crippen molar-refractivity contribution in [1.82, 2.24) is 0 Å². The number of rotatable bonds is 6. The van der Waals surface area contributed by atoms with E-state index in [9.17, 15) is 0 Å². The van der Waals surface area contributed by atoms with E-state index in [2.05, 4.69) is 53.8 Å². The van der Waals surface area contributed by atoms with Crippen LogP contribution >= 0.6 is 23.2 Å². The molecule has 140 valence electrons. The quantitative estimate of drug-likeness (QED) is 0.360. The molecule has 0 aliphatic heterocycles. The first-order chi connectivity index (χ1) is 13.7. The van der Waals surface area contributed by atoms with Gasteiger partial charge in [0.2, 0.25) is 0 Å². The molecule has 0 aliphatic carbocycles. The molecule has 2 nitrogen and oxygen atoms in total. The summed E-state index contributed by atoms with van der Waals surface area (Å²) in [5.41, 5.74) is 2.96. The van der Waals surface area contributed by atoms with Crippen LogP contribution < -0.4 is 10.1 Å². The van der Waals surface area contributed by atoms with Crippen LogP contribution in [0, 0.1) is 0 Å². The van der Waals surface area contributed by atoms with E-state index in [0.717, 1.165) is 22.6 Å². The third-order valence-corrected chi connectivity index (χ3v) is 5.37. The number of benzene rings is 4. The Morgan fingerprint density at radius 1 is 0.714 bits per heavy atom. The van der Waals surface area contributed by atoms with Crippen LogP contribution in [0.5, 0.6) is 5.75 Å². The summed E-state index contributed by atoms with van der Waals surface area (Å²) < 4.78 is 6.05. The molecule has 0 unspecified atom stereocenters. The van der Waals surface area contributed by atoms with Gasteiger partial charge in [-0.3, -0.25) is 0 Å². The molecule has 4 rings (SSSR count). The number of anilines is 1. The summed E-state index contributed by atoms with van der Waals surface area (Å²) in [6.07, 6.45) is 0. The number of hydrogen-bond donors (Lipinski definition) is 1. The molecule has 0 fully saturated rings.